The number of nitrogens with one attached hydrogen (secondary N) is 2. The minimum Gasteiger partial charge on any atom is -0.507 e. The summed E-state index contributed by atoms with van der Waals surface area (Å²) in [5.74, 6) is -4.98. The number of fused-ring (bicyclic) bond motifs is 2. The molecule has 0 fully saturated rings. The molecule has 0 bridgehead atoms. The lowest BCUT2D eigenvalue weighted by atomic mass is 10.1. The Balaban J connectivity index is 1.65. The van der Waals surface area contributed by atoms with Crippen LogP contribution in [0.2, 0.25) is 0 Å². The predicted octanol–water partition coefficient (Wildman–Crippen LogP) is 4.99. The Morgan fingerprint density at radius 2 is 1.77 bits per heavy atom. The zero-order valence-corrected chi connectivity index (χ0v) is 15.8. The molecule has 0 aliphatic carbocycles. The van der Waals surface area contributed by atoms with Gasteiger partial charge in [-0.15, -0.1) is 0 Å². The number of carbonyl (C=O) groups excluding carboxylic acids is 1. The van der Waals surface area contributed by atoms with E-state index in [1.54, 1.807) is 13.0 Å². The number of hydrogen-bond acceptors (Lipinski definition) is 3. The largest absolute Gasteiger partial charge is 0.507 e. The van der Waals surface area contributed by atoms with E-state index in [0.29, 0.717) is 17.8 Å². The maximum atomic E-state index is 14.0. The highest BCUT2D eigenvalue weighted by Crippen LogP contribution is 2.26. The number of halogens is 3. The number of amides is 1. The molecule has 4 rings (SSSR count). The summed E-state index contributed by atoms with van der Waals surface area (Å²) in [6.07, 6.45) is 0.337. The van der Waals surface area contributed by atoms with Crippen LogP contribution in [-0.2, 0) is 0 Å². The van der Waals surface area contributed by atoms with Crippen molar-refractivity contribution >= 4 is 33.3 Å². The minimum absolute atomic E-state index is 0.0414. The molecule has 0 saturated heterocycles. The van der Waals surface area contributed by atoms with Crippen LogP contribution >= 0.6 is 0 Å². The third kappa shape index (κ3) is 3.36. The third-order valence-corrected chi connectivity index (χ3v) is 4.80. The average Bonchev–Trinajstić information content (AvgIpc) is 3.15. The first-order valence-corrected chi connectivity index (χ1v) is 9.14. The Bertz CT molecular complexity index is 1330. The SMILES string of the molecule is CC/C(=N\NC(=O)c1cc2ccccc2cc1O)c1cc2c(F)c(F)c(F)cc2[nH]1. The van der Waals surface area contributed by atoms with Crippen LogP contribution in [0.3, 0.4) is 0 Å². The number of rotatable bonds is 4. The molecule has 30 heavy (non-hydrogen) atoms. The number of aromatic amines is 1. The Labute approximate surface area is 168 Å². The Morgan fingerprint density at radius 3 is 2.47 bits per heavy atom. The van der Waals surface area contributed by atoms with E-state index in [0.717, 1.165) is 16.8 Å². The van der Waals surface area contributed by atoms with E-state index in [-0.39, 0.29) is 22.2 Å². The van der Waals surface area contributed by atoms with E-state index in [1.807, 2.05) is 24.3 Å². The van der Waals surface area contributed by atoms with E-state index in [2.05, 4.69) is 15.5 Å². The lowest BCUT2D eigenvalue weighted by molar-refractivity contribution is 0.0952. The molecule has 8 heteroatoms. The molecule has 3 aromatic carbocycles. The van der Waals surface area contributed by atoms with E-state index >= 15 is 0 Å². The summed E-state index contributed by atoms with van der Waals surface area (Å²) in [5.41, 5.74) is 3.11. The van der Waals surface area contributed by atoms with Crippen molar-refractivity contribution in [3.8, 4) is 5.75 Å². The number of phenolic OH excluding ortho intramolecular Hbond substituents is 1. The van der Waals surface area contributed by atoms with E-state index in [1.165, 1.54) is 12.1 Å². The van der Waals surface area contributed by atoms with Gasteiger partial charge < -0.3 is 10.1 Å². The van der Waals surface area contributed by atoms with Crippen LogP contribution in [0.15, 0.2) is 53.6 Å². The molecular formula is C22H16F3N3O2. The Hall–Kier alpha value is -3.81. The fourth-order valence-electron chi connectivity index (χ4n) is 3.25. The van der Waals surface area contributed by atoms with Crippen molar-refractivity contribution in [3.63, 3.8) is 0 Å². The van der Waals surface area contributed by atoms with Crippen LogP contribution in [0.1, 0.15) is 29.4 Å². The summed E-state index contributed by atoms with van der Waals surface area (Å²) in [5, 5.41) is 15.6. The molecule has 152 valence electrons. The number of hydrazone groups is 1. The van der Waals surface area contributed by atoms with Gasteiger partial charge in [0.2, 0.25) is 0 Å². The molecular weight excluding hydrogens is 395 g/mol. The van der Waals surface area contributed by atoms with Crippen LogP contribution in [0.4, 0.5) is 13.2 Å². The molecule has 4 aromatic rings. The van der Waals surface area contributed by atoms with Gasteiger partial charge in [0.1, 0.15) is 5.75 Å². The molecule has 1 heterocycles. The number of benzene rings is 3. The van der Waals surface area contributed by atoms with Crippen LogP contribution < -0.4 is 5.43 Å². The average molecular weight is 411 g/mol. The number of aromatic nitrogens is 1. The minimum atomic E-state index is -1.55. The van der Waals surface area contributed by atoms with Gasteiger partial charge in [-0.2, -0.15) is 5.10 Å². The Kier molecular flexibility index (Phi) is 4.91. The van der Waals surface area contributed by atoms with E-state index < -0.39 is 23.4 Å². The van der Waals surface area contributed by atoms with Crippen LogP contribution in [0.25, 0.3) is 21.7 Å². The van der Waals surface area contributed by atoms with Crippen molar-refractivity contribution in [1.82, 2.24) is 10.4 Å². The number of hydrogen-bond donors (Lipinski definition) is 3. The van der Waals surface area contributed by atoms with E-state index in [9.17, 15) is 23.1 Å². The normalized spacial score (nSPS) is 11.9. The summed E-state index contributed by atoms with van der Waals surface area (Å²) in [4.78, 5) is 15.3. The van der Waals surface area contributed by atoms with Crippen molar-refractivity contribution in [2.75, 3.05) is 0 Å². The molecule has 0 unspecified atom stereocenters. The van der Waals surface area contributed by atoms with Crippen molar-refractivity contribution in [1.29, 1.82) is 0 Å². The lowest BCUT2D eigenvalue weighted by Gasteiger charge is -2.07. The van der Waals surface area contributed by atoms with Crippen LogP contribution in [0.5, 0.6) is 5.75 Å². The van der Waals surface area contributed by atoms with Gasteiger partial charge in [0, 0.05) is 11.5 Å². The van der Waals surface area contributed by atoms with Gasteiger partial charge in [0.25, 0.3) is 5.91 Å². The van der Waals surface area contributed by atoms with Gasteiger partial charge in [-0.3, -0.25) is 4.79 Å². The fraction of sp³-hybridized carbons (Fsp3) is 0.0909. The molecule has 0 saturated carbocycles. The highest BCUT2D eigenvalue weighted by atomic mass is 19.2. The zero-order valence-electron chi connectivity index (χ0n) is 15.8. The van der Waals surface area contributed by atoms with Gasteiger partial charge in [0.05, 0.1) is 22.5 Å². The number of aromatic hydroxyl groups is 1. The molecule has 0 atom stereocenters. The smallest absolute Gasteiger partial charge is 0.275 e. The summed E-state index contributed by atoms with van der Waals surface area (Å²) in [6, 6.07) is 12.4. The van der Waals surface area contributed by atoms with Gasteiger partial charge in [-0.1, -0.05) is 31.2 Å². The third-order valence-electron chi connectivity index (χ3n) is 4.80. The summed E-state index contributed by atoms with van der Waals surface area (Å²) < 4.78 is 40.9. The van der Waals surface area contributed by atoms with Crippen molar-refractivity contribution in [2.24, 2.45) is 5.10 Å². The maximum absolute atomic E-state index is 14.0. The maximum Gasteiger partial charge on any atom is 0.275 e. The summed E-state index contributed by atoms with van der Waals surface area (Å²) in [7, 11) is 0. The highest BCUT2D eigenvalue weighted by molar-refractivity contribution is 6.05. The fourth-order valence-corrected chi connectivity index (χ4v) is 3.25. The van der Waals surface area contributed by atoms with Crippen molar-refractivity contribution < 1.29 is 23.1 Å². The summed E-state index contributed by atoms with van der Waals surface area (Å²) in [6.45, 7) is 1.75. The molecule has 0 aliphatic rings. The second kappa shape index (κ2) is 7.55. The van der Waals surface area contributed by atoms with Crippen LogP contribution in [-0.4, -0.2) is 21.7 Å². The van der Waals surface area contributed by atoms with E-state index in [4.69, 9.17) is 0 Å². The van der Waals surface area contributed by atoms with Crippen molar-refractivity contribution in [3.05, 3.63) is 77.2 Å². The van der Waals surface area contributed by atoms with Crippen LogP contribution in [0, 0.1) is 17.5 Å². The van der Waals surface area contributed by atoms with Gasteiger partial charge in [-0.25, -0.2) is 18.6 Å². The second-order valence-electron chi connectivity index (χ2n) is 6.70. The second-order valence-corrected chi connectivity index (χ2v) is 6.70. The monoisotopic (exact) mass is 411 g/mol. The topological polar surface area (TPSA) is 77.5 Å². The number of H-pyrrole nitrogens is 1. The Morgan fingerprint density at radius 1 is 1.07 bits per heavy atom. The molecule has 1 amide bonds. The zero-order chi connectivity index (χ0) is 21.4. The first-order valence-electron chi connectivity index (χ1n) is 9.14. The summed E-state index contributed by atoms with van der Waals surface area (Å²) >= 11 is 0. The standard InChI is InChI=1S/C22H16F3N3O2/c1-2-16(18-9-13-17(26-18)10-15(23)21(25)20(13)24)27-28-22(30)14-7-11-5-3-4-6-12(11)8-19(14)29/h3-10,26,29H,2H2,1H3,(H,28,30)/b27-16+. The quantitative estimate of drug-likeness (QED) is 0.251. The molecule has 3 N–H and O–H groups in total. The van der Waals surface area contributed by atoms with Gasteiger partial charge in [-0.05, 0) is 35.4 Å². The molecule has 1 aromatic heterocycles. The first-order chi connectivity index (χ1) is 14.4. The van der Waals surface area contributed by atoms with Gasteiger partial charge >= 0.3 is 0 Å². The van der Waals surface area contributed by atoms with Gasteiger partial charge in [0.15, 0.2) is 17.5 Å². The first kappa shape index (κ1) is 19.5. The number of phenols is 1. The van der Waals surface area contributed by atoms with Crippen molar-refractivity contribution in [2.45, 2.75) is 13.3 Å². The lowest BCUT2D eigenvalue weighted by Crippen LogP contribution is -2.20. The molecule has 0 aliphatic heterocycles. The molecule has 0 spiro atoms. The number of carbonyl (C=O) groups is 1. The molecule has 5 nitrogen and oxygen atoms in total. The molecule has 0 radical (unpaired) electrons. The number of nitrogens with zero attached hydrogens (tertiary/aromatic N) is 1. The highest BCUT2D eigenvalue weighted by Gasteiger charge is 2.18. The predicted molar refractivity (Wildman–Crippen MR) is 108 cm³/mol.